The third-order valence-electron chi connectivity index (χ3n) is 8.54. The lowest BCUT2D eigenvalue weighted by Gasteiger charge is -2.36. The van der Waals surface area contributed by atoms with Crippen molar-refractivity contribution in [3.8, 4) is 0 Å². The average molecular weight is 618 g/mol. The molecule has 2 N–H and O–H groups in total. The van der Waals surface area contributed by atoms with Crippen LogP contribution in [0.15, 0.2) is 0 Å². The van der Waals surface area contributed by atoms with Crippen molar-refractivity contribution >= 4 is 40.5 Å². The highest BCUT2D eigenvalue weighted by atomic mass is 16.5. The number of aromatic nitrogens is 4. The summed E-state index contributed by atoms with van der Waals surface area (Å²) in [5.41, 5.74) is 1.13. The van der Waals surface area contributed by atoms with Gasteiger partial charge in [0.2, 0.25) is 17.8 Å². The summed E-state index contributed by atoms with van der Waals surface area (Å²) in [5, 5.41) is 19.6. The van der Waals surface area contributed by atoms with Crippen LogP contribution in [0, 0.1) is 0 Å². The number of piperidine rings is 1. The Kier molecular flexibility index (Phi) is 11.2. The molecular formula is C29H47N9O6. The lowest BCUT2D eigenvalue weighted by molar-refractivity contribution is -0.131. The van der Waals surface area contributed by atoms with Gasteiger partial charge in [0.05, 0.1) is 39.1 Å². The molecule has 44 heavy (non-hydrogen) atoms. The number of aliphatic hydroxyl groups excluding tert-OH is 2. The van der Waals surface area contributed by atoms with Gasteiger partial charge in [0.25, 0.3) is 0 Å². The summed E-state index contributed by atoms with van der Waals surface area (Å²) in [7, 11) is 5.06. The zero-order valence-corrected chi connectivity index (χ0v) is 26.2. The molecule has 0 unspecified atom stereocenters. The summed E-state index contributed by atoms with van der Waals surface area (Å²) < 4.78 is 16.4. The molecule has 1 saturated carbocycles. The zero-order valence-electron chi connectivity index (χ0n) is 26.2. The summed E-state index contributed by atoms with van der Waals surface area (Å²) in [6, 6.07) is 0.349. The smallest absolute Gasteiger partial charge is 0.242 e. The van der Waals surface area contributed by atoms with E-state index in [9.17, 15) is 15.0 Å². The molecule has 2 saturated heterocycles. The fraction of sp³-hybridized carbons (Fsp3) is 0.759. The van der Waals surface area contributed by atoms with Gasteiger partial charge in [-0.3, -0.25) is 4.79 Å². The Morgan fingerprint density at radius 3 is 1.75 bits per heavy atom. The maximum absolute atomic E-state index is 13.3. The van der Waals surface area contributed by atoms with E-state index in [1.54, 1.807) is 26.2 Å². The van der Waals surface area contributed by atoms with E-state index >= 15 is 0 Å². The first-order valence-corrected chi connectivity index (χ1v) is 15.6. The number of amides is 1. The summed E-state index contributed by atoms with van der Waals surface area (Å²) in [4.78, 5) is 43.4. The van der Waals surface area contributed by atoms with Crippen LogP contribution >= 0.6 is 0 Å². The molecule has 0 radical (unpaired) electrons. The maximum atomic E-state index is 13.3. The quantitative estimate of drug-likeness (QED) is 0.254. The van der Waals surface area contributed by atoms with Crippen LogP contribution in [-0.2, 0) is 19.0 Å². The number of piperazine rings is 1. The Morgan fingerprint density at radius 2 is 1.27 bits per heavy atom. The van der Waals surface area contributed by atoms with E-state index in [1.807, 2.05) is 14.7 Å². The molecule has 2 aromatic rings. The normalized spacial score (nSPS) is 18.0. The van der Waals surface area contributed by atoms with Gasteiger partial charge in [-0.25, -0.2) is 9.97 Å². The van der Waals surface area contributed by atoms with E-state index in [-0.39, 0.29) is 44.9 Å². The number of methoxy groups -OCH3 is 3. The van der Waals surface area contributed by atoms with Crippen LogP contribution in [0.3, 0.4) is 0 Å². The second-order valence-corrected chi connectivity index (χ2v) is 11.5. The van der Waals surface area contributed by atoms with Gasteiger partial charge in [-0.05, 0) is 25.7 Å². The van der Waals surface area contributed by atoms with Gasteiger partial charge in [-0.15, -0.1) is 0 Å². The number of aliphatic hydroxyl groups is 2. The topological polar surface area (TPSA) is 153 Å². The molecule has 244 valence electrons. The summed E-state index contributed by atoms with van der Waals surface area (Å²) in [5.74, 6) is 2.18. The van der Waals surface area contributed by atoms with Crippen molar-refractivity contribution in [2.24, 2.45) is 0 Å². The van der Waals surface area contributed by atoms with Crippen molar-refractivity contribution in [2.45, 2.75) is 37.8 Å². The average Bonchev–Trinajstić information content (AvgIpc) is 3.89. The fourth-order valence-electron chi connectivity index (χ4n) is 5.90. The van der Waals surface area contributed by atoms with Gasteiger partial charge < -0.3 is 48.9 Å². The fourth-order valence-corrected chi connectivity index (χ4v) is 5.90. The van der Waals surface area contributed by atoms with Crippen molar-refractivity contribution < 1.29 is 29.2 Å². The summed E-state index contributed by atoms with van der Waals surface area (Å²) in [6.07, 6.45) is 3.97. The molecule has 2 aliphatic heterocycles. The highest BCUT2D eigenvalue weighted by Gasteiger charge is 2.37. The number of hydrogen-bond donors (Lipinski definition) is 2. The molecule has 2 aromatic heterocycles. The molecule has 0 aromatic carbocycles. The number of ether oxygens (including phenoxy) is 3. The minimum Gasteiger partial charge on any atom is -0.395 e. The lowest BCUT2D eigenvalue weighted by Crippen LogP contribution is -2.51. The van der Waals surface area contributed by atoms with Crippen LogP contribution in [0.2, 0.25) is 0 Å². The predicted molar refractivity (Wildman–Crippen MR) is 167 cm³/mol. The third-order valence-corrected chi connectivity index (χ3v) is 8.54. The molecule has 4 heterocycles. The largest absolute Gasteiger partial charge is 0.395 e. The van der Waals surface area contributed by atoms with Gasteiger partial charge in [0.15, 0.2) is 11.6 Å². The Bertz CT molecular complexity index is 1230. The van der Waals surface area contributed by atoms with Crippen LogP contribution in [0.1, 0.15) is 25.7 Å². The van der Waals surface area contributed by atoms with Crippen molar-refractivity contribution in [3.05, 3.63) is 0 Å². The third kappa shape index (κ3) is 7.40. The predicted octanol–water partition coefficient (Wildman–Crippen LogP) is -0.264. The van der Waals surface area contributed by atoms with Crippen LogP contribution < -0.4 is 19.6 Å². The van der Waals surface area contributed by atoms with E-state index in [0.717, 1.165) is 25.7 Å². The van der Waals surface area contributed by atoms with Crippen LogP contribution in [-0.4, -0.2) is 160 Å². The Morgan fingerprint density at radius 1 is 0.727 bits per heavy atom. The minimum atomic E-state index is -0.121. The molecule has 3 fully saturated rings. The van der Waals surface area contributed by atoms with Gasteiger partial charge >= 0.3 is 0 Å². The second-order valence-electron chi connectivity index (χ2n) is 11.5. The molecule has 5 rings (SSSR count). The standard InChI is InChI=1S/C29H47N9O6/c1-42-18-14-36(15-19-43-2)29-30-24-25(27(33-29)37-10-11-38(21-4-5-21)23(41)20-37)31-28(35(12-16-39)13-17-40)32-26(24)34-8-6-22(44-3)7-9-34/h21-22,39-40H,4-20H2,1-3H3. The molecule has 15 nitrogen and oxygen atoms in total. The number of fused-ring (bicyclic) bond motifs is 1. The molecule has 0 bridgehead atoms. The number of anilines is 4. The van der Waals surface area contributed by atoms with Gasteiger partial charge in [0.1, 0.15) is 11.0 Å². The SMILES string of the molecule is COCCN(CCOC)c1nc(N2CCN(C3CC3)C(=O)C2)c2nc(N(CCO)CCO)nc(N3CCC(OC)CC3)c2n1. The summed E-state index contributed by atoms with van der Waals surface area (Å²) >= 11 is 0. The number of nitrogens with zero attached hydrogens (tertiary/aromatic N) is 9. The molecule has 15 heteroatoms. The van der Waals surface area contributed by atoms with Crippen LogP contribution in [0.25, 0.3) is 11.0 Å². The highest BCUT2D eigenvalue weighted by Crippen LogP contribution is 2.35. The first kappa shape index (κ1) is 32.3. The van der Waals surface area contributed by atoms with Crippen molar-refractivity contribution in [1.29, 1.82) is 0 Å². The van der Waals surface area contributed by atoms with Crippen molar-refractivity contribution in [2.75, 3.05) is 126 Å². The maximum Gasteiger partial charge on any atom is 0.242 e. The summed E-state index contributed by atoms with van der Waals surface area (Å²) in [6.45, 7) is 5.19. The Labute approximate surface area is 258 Å². The van der Waals surface area contributed by atoms with E-state index in [1.165, 1.54) is 0 Å². The minimum absolute atomic E-state index is 0.0843. The molecule has 3 aliphatic rings. The molecule has 0 spiro atoms. The van der Waals surface area contributed by atoms with Crippen LogP contribution in [0.4, 0.5) is 23.5 Å². The number of carbonyl (C=O) groups is 1. The lowest BCUT2D eigenvalue weighted by atomic mass is 10.1. The van der Waals surface area contributed by atoms with E-state index < -0.39 is 0 Å². The first-order valence-electron chi connectivity index (χ1n) is 15.6. The molecule has 0 atom stereocenters. The van der Waals surface area contributed by atoms with Gasteiger partial charge in [0, 0.05) is 79.7 Å². The Hall–Kier alpha value is -3.11. The molecular weight excluding hydrogens is 570 g/mol. The van der Waals surface area contributed by atoms with Crippen molar-refractivity contribution in [1.82, 2.24) is 24.8 Å². The highest BCUT2D eigenvalue weighted by molar-refractivity contribution is 5.96. The molecule has 1 aliphatic carbocycles. The van der Waals surface area contributed by atoms with E-state index in [2.05, 4.69) is 4.90 Å². The van der Waals surface area contributed by atoms with Crippen molar-refractivity contribution in [3.63, 3.8) is 0 Å². The van der Waals surface area contributed by atoms with Gasteiger partial charge in [-0.2, -0.15) is 9.97 Å². The van der Waals surface area contributed by atoms with Gasteiger partial charge in [-0.1, -0.05) is 0 Å². The number of hydrogen-bond acceptors (Lipinski definition) is 14. The zero-order chi connectivity index (χ0) is 31.1. The van der Waals surface area contributed by atoms with E-state index in [4.69, 9.17) is 34.1 Å². The first-order chi connectivity index (χ1) is 21.5. The Balaban J connectivity index is 1.66. The van der Waals surface area contributed by atoms with Crippen LogP contribution in [0.5, 0.6) is 0 Å². The number of carbonyl (C=O) groups excluding carboxylic acids is 1. The molecule has 1 amide bonds. The number of rotatable bonds is 16. The van der Waals surface area contributed by atoms with E-state index in [0.29, 0.717) is 93.1 Å². The monoisotopic (exact) mass is 617 g/mol. The second kappa shape index (κ2) is 15.3.